The third kappa shape index (κ3) is 3.17. The van der Waals surface area contributed by atoms with Crippen molar-refractivity contribution in [2.45, 2.75) is 61.1 Å². The minimum absolute atomic E-state index is 0.231. The van der Waals surface area contributed by atoms with Crippen LogP contribution in [0, 0.1) is 0 Å². The second-order valence-corrected chi connectivity index (χ2v) is 8.88. The summed E-state index contributed by atoms with van der Waals surface area (Å²) in [7, 11) is -3.23. The minimum Gasteiger partial charge on any atom is -0.378 e. The molecule has 1 aromatic heterocycles. The molecule has 1 heterocycles. The molecular weight excluding hydrogens is 326 g/mol. The van der Waals surface area contributed by atoms with Gasteiger partial charge in [0.15, 0.2) is 15.7 Å². The quantitative estimate of drug-likeness (QED) is 0.863. The molecule has 2 aromatic rings. The van der Waals surface area contributed by atoms with E-state index in [9.17, 15) is 8.42 Å². The van der Waals surface area contributed by atoms with Crippen molar-refractivity contribution in [2.24, 2.45) is 0 Å². The number of anilines is 1. The molecule has 24 heavy (non-hydrogen) atoms. The normalized spacial score (nSPS) is 18.8. The number of hydrogen-bond donors (Lipinski definition) is 1. The van der Waals surface area contributed by atoms with Crippen molar-refractivity contribution in [3.05, 3.63) is 36.0 Å². The van der Waals surface area contributed by atoms with E-state index in [1.165, 1.54) is 0 Å². The van der Waals surface area contributed by atoms with Crippen LogP contribution >= 0.6 is 0 Å². The van der Waals surface area contributed by atoms with Crippen LogP contribution in [0.25, 0.3) is 0 Å². The Balaban J connectivity index is 1.45. The second-order valence-electron chi connectivity index (χ2n) is 6.66. The lowest BCUT2D eigenvalue weighted by atomic mass is 10.3. The first-order valence-corrected chi connectivity index (χ1v) is 10.1. The van der Waals surface area contributed by atoms with Crippen LogP contribution in [0.3, 0.4) is 0 Å². The molecule has 128 valence electrons. The van der Waals surface area contributed by atoms with E-state index in [0.29, 0.717) is 29.1 Å². The minimum atomic E-state index is -3.23. The lowest BCUT2D eigenvalue weighted by Gasteiger charge is -2.12. The third-order valence-corrected chi connectivity index (χ3v) is 7.02. The molecule has 2 fully saturated rings. The lowest BCUT2D eigenvalue weighted by molar-refractivity contribution is 0.374. The van der Waals surface area contributed by atoms with Crippen LogP contribution in [-0.4, -0.2) is 23.8 Å². The number of sulfone groups is 1. The van der Waals surface area contributed by atoms with E-state index in [-0.39, 0.29) is 5.25 Å². The highest BCUT2D eigenvalue weighted by molar-refractivity contribution is 7.92. The topological polar surface area (TPSA) is 85.1 Å². The summed E-state index contributed by atoms with van der Waals surface area (Å²) >= 11 is 0. The van der Waals surface area contributed by atoms with Crippen molar-refractivity contribution < 1.29 is 12.9 Å². The number of aromatic nitrogens is 2. The van der Waals surface area contributed by atoms with Gasteiger partial charge in [-0.3, -0.25) is 0 Å². The Kier molecular flexibility index (Phi) is 4.04. The average molecular weight is 347 g/mol. The van der Waals surface area contributed by atoms with Crippen LogP contribution in [0.4, 0.5) is 5.69 Å². The van der Waals surface area contributed by atoms with Crippen molar-refractivity contribution in [3.8, 4) is 0 Å². The highest BCUT2D eigenvalue weighted by atomic mass is 32.2. The first kappa shape index (κ1) is 15.6. The summed E-state index contributed by atoms with van der Waals surface area (Å²) in [5.41, 5.74) is 0.756. The molecule has 4 rings (SSSR count). The third-order valence-electron chi connectivity index (χ3n) is 4.76. The van der Waals surface area contributed by atoms with Crippen LogP contribution in [0.2, 0.25) is 0 Å². The predicted octanol–water partition coefficient (Wildman–Crippen LogP) is 3.28. The van der Waals surface area contributed by atoms with Gasteiger partial charge in [-0.05, 0) is 43.9 Å². The van der Waals surface area contributed by atoms with Gasteiger partial charge >= 0.3 is 0 Å². The molecule has 2 aliphatic carbocycles. The summed E-state index contributed by atoms with van der Waals surface area (Å²) in [6.45, 7) is 0.420. The van der Waals surface area contributed by atoms with E-state index in [1.807, 2.05) is 6.07 Å². The van der Waals surface area contributed by atoms with Crippen molar-refractivity contribution >= 4 is 15.5 Å². The molecule has 2 saturated carbocycles. The van der Waals surface area contributed by atoms with Gasteiger partial charge in [0.05, 0.1) is 16.7 Å². The Hall–Kier alpha value is -1.89. The zero-order valence-electron chi connectivity index (χ0n) is 13.4. The molecule has 0 spiro atoms. The molecule has 7 heteroatoms. The zero-order chi connectivity index (χ0) is 16.6. The summed E-state index contributed by atoms with van der Waals surface area (Å²) < 4.78 is 30.6. The van der Waals surface area contributed by atoms with E-state index < -0.39 is 9.84 Å². The Morgan fingerprint density at radius 2 is 1.96 bits per heavy atom. The SMILES string of the molecule is O=S(=O)(c1cccc(NCc2noc(C3CC3)n2)c1)C1CCCC1. The fraction of sp³-hybridized carbons (Fsp3) is 0.529. The van der Waals surface area contributed by atoms with Gasteiger partial charge in [0.2, 0.25) is 5.89 Å². The maximum Gasteiger partial charge on any atom is 0.229 e. The van der Waals surface area contributed by atoms with Crippen molar-refractivity contribution in [3.63, 3.8) is 0 Å². The summed E-state index contributed by atoms with van der Waals surface area (Å²) in [6.07, 6.45) is 5.79. The first-order chi connectivity index (χ1) is 11.6. The Labute approximate surface area is 141 Å². The number of benzene rings is 1. The summed E-state index contributed by atoms with van der Waals surface area (Å²) in [4.78, 5) is 4.76. The highest BCUT2D eigenvalue weighted by Gasteiger charge is 2.31. The standard InChI is InChI=1S/C17H21N3O3S/c21-24(22,14-5-1-2-6-14)15-7-3-4-13(10-15)18-11-16-19-17(23-20-16)12-8-9-12/h3-4,7,10,12,14,18H,1-2,5-6,8-9,11H2. The van der Waals surface area contributed by atoms with E-state index in [2.05, 4.69) is 15.5 Å². The van der Waals surface area contributed by atoms with Gasteiger partial charge in [0, 0.05) is 11.6 Å². The van der Waals surface area contributed by atoms with Crippen LogP contribution in [-0.2, 0) is 16.4 Å². The van der Waals surface area contributed by atoms with E-state index >= 15 is 0 Å². The summed E-state index contributed by atoms with van der Waals surface area (Å²) in [6, 6.07) is 7.01. The van der Waals surface area contributed by atoms with Crippen molar-refractivity contribution in [1.29, 1.82) is 0 Å². The molecule has 0 amide bonds. The molecule has 0 radical (unpaired) electrons. The summed E-state index contributed by atoms with van der Waals surface area (Å²) in [5, 5.41) is 6.92. The fourth-order valence-electron chi connectivity index (χ4n) is 3.19. The second kappa shape index (κ2) is 6.20. The molecule has 1 aromatic carbocycles. The van der Waals surface area contributed by atoms with Gasteiger partial charge in [-0.15, -0.1) is 0 Å². The van der Waals surface area contributed by atoms with Gasteiger partial charge < -0.3 is 9.84 Å². The monoisotopic (exact) mass is 347 g/mol. The molecule has 6 nitrogen and oxygen atoms in total. The lowest BCUT2D eigenvalue weighted by Crippen LogP contribution is -2.17. The largest absolute Gasteiger partial charge is 0.378 e. The van der Waals surface area contributed by atoms with Crippen molar-refractivity contribution in [2.75, 3.05) is 5.32 Å². The molecule has 0 saturated heterocycles. The molecule has 0 aliphatic heterocycles. The molecular formula is C17H21N3O3S. The zero-order valence-corrected chi connectivity index (χ0v) is 14.3. The Morgan fingerprint density at radius 1 is 1.17 bits per heavy atom. The molecule has 0 unspecified atom stereocenters. The molecule has 0 bridgehead atoms. The number of nitrogens with one attached hydrogen (secondary N) is 1. The van der Waals surface area contributed by atoms with Crippen LogP contribution in [0.5, 0.6) is 0 Å². The van der Waals surface area contributed by atoms with E-state index in [0.717, 1.165) is 44.2 Å². The van der Waals surface area contributed by atoms with Gasteiger partial charge in [-0.25, -0.2) is 8.42 Å². The maximum absolute atomic E-state index is 12.7. The number of hydrogen-bond acceptors (Lipinski definition) is 6. The molecule has 1 N–H and O–H groups in total. The fourth-order valence-corrected chi connectivity index (χ4v) is 5.09. The smallest absolute Gasteiger partial charge is 0.229 e. The van der Waals surface area contributed by atoms with E-state index in [4.69, 9.17) is 4.52 Å². The van der Waals surface area contributed by atoms with Crippen LogP contribution in [0.1, 0.15) is 56.2 Å². The average Bonchev–Trinajstić information content (AvgIpc) is 3.11. The Morgan fingerprint density at radius 3 is 2.71 bits per heavy atom. The van der Waals surface area contributed by atoms with Crippen molar-refractivity contribution in [1.82, 2.24) is 10.1 Å². The van der Waals surface area contributed by atoms with Crippen LogP contribution < -0.4 is 5.32 Å². The summed E-state index contributed by atoms with van der Waals surface area (Å²) in [5.74, 6) is 1.75. The highest BCUT2D eigenvalue weighted by Crippen LogP contribution is 2.38. The predicted molar refractivity (Wildman–Crippen MR) is 89.5 cm³/mol. The first-order valence-electron chi connectivity index (χ1n) is 8.53. The molecule has 2 aliphatic rings. The van der Waals surface area contributed by atoms with Crippen LogP contribution in [0.15, 0.2) is 33.7 Å². The Bertz CT molecular complexity index is 821. The maximum atomic E-state index is 12.7. The van der Waals surface area contributed by atoms with Gasteiger partial charge in [0.25, 0.3) is 0 Å². The van der Waals surface area contributed by atoms with Gasteiger partial charge in [-0.1, -0.05) is 24.1 Å². The van der Waals surface area contributed by atoms with Gasteiger partial charge in [0.1, 0.15) is 0 Å². The van der Waals surface area contributed by atoms with E-state index in [1.54, 1.807) is 18.2 Å². The molecule has 0 atom stereocenters. The number of rotatable bonds is 6. The number of nitrogens with zero attached hydrogens (tertiary/aromatic N) is 2. The van der Waals surface area contributed by atoms with Gasteiger partial charge in [-0.2, -0.15) is 4.98 Å².